The Morgan fingerprint density at radius 2 is 2.09 bits per heavy atom. The first kappa shape index (κ1) is 23.7. The molecule has 11 heteroatoms. The minimum atomic E-state index is -0.282. The van der Waals surface area contributed by atoms with Gasteiger partial charge in [0.1, 0.15) is 18.5 Å². The van der Waals surface area contributed by atoms with Crippen molar-refractivity contribution in [3.8, 4) is 6.07 Å². The van der Waals surface area contributed by atoms with E-state index in [4.69, 9.17) is 33.7 Å². The van der Waals surface area contributed by atoms with Crippen molar-refractivity contribution in [1.29, 1.82) is 5.26 Å². The van der Waals surface area contributed by atoms with Crippen molar-refractivity contribution in [2.24, 2.45) is 11.1 Å². The summed E-state index contributed by atoms with van der Waals surface area (Å²) in [6.07, 6.45) is 1.82. The van der Waals surface area contributed by atoms with Crippen LogP contribution in [0.2, 0.25) is 10.0 Å². The highest BCUT2D eigenvalue weighted by Gasteiger charge is 2.47. The van der Waals surface area contributed by atoms with Gasteiger partial charge in [-0.25, -0.2) is 0 Å². The third kappa shape index (κ3) is 3.83. The quantitative estimate of drug-likeness (QED) is 0.534. The van der Waals surface area contributed by atoms with E-state index in [1.54, 1.807) is 12.1 Å². The van der Waals surface area contributed by atoms with Crippen molar-refractivity contribution in [1.82, 2.24) is 14.6 Å². The maximum Gasteiger partial charge on any atom is 0.177 e. The number of nitrogens with zero attached hydrogens (tertiary/aromatic N) is 5. The molecule has 8 nitrogen and oxygen atoms in total. The normalized spacial score (nSPS) is 21.9. The molecule has 0 saturated carbocycles. The highest BCUT2D eigenvalue weighted by molar-refractivity contribution is 7.99. The van der Waals surface area contributed by atoms with Crippen LogP contribution < -0.4 is 10.6 Å². The van der Waals surface area contributed by atoms with Gasteiger partial charge in [-0.2, -0.15) is 5.26 Å². The molecule has 2 fully saturated rings. The van der Waals surface area contributed by atoms with E-state index < -0.39 is 0 Å². The van der Waals surface area contributed by atoms with Crippen molar-refractivity contribution in [3.05, 3.63) is 45.7 Å². The molecular formula is C23H24Cl2N6O2S. The van der Waals surface area contributed by atoms with E-state index in [-0.39, 0.29) is 24.2 Å². The molecule has 178 valence electrons. The molecule has 34 heavy (non-hydrogen) atoms. The van der Waals surface area contributed by atoms with Crippen LogP contribution in [0.5, 0.6) is 0 Å². The Labute approximate surface area is 211 Å². The fourth-order valence-electron chi connectivity index (χ4n) is 4.93. The summed E-state index contributed by atoms with van der Waals surface area (Å²) in [4.78, 5) is 3.52. The lowest BCUT2D eigenvalue weighted by Gasteiger charge is -2.42. The molecule has 4 heterocycles. The van der Waals surface area contributed by atoms with Gasteiger partial charge in [-0.1, -0.05) is 41.0 Å². The number of hydrogen-bond acceptors (Lipinski definition) is 8. The summed E-state index contributed by atoms with van der Waals surface area (Å²) in [5.74, 6) is 1.18. The smallest absolute Gasteiger partial charge is 0.177 e. The Balaban J connectivity index is 1.55. The largest absolute Gasteiger partial charge is 0.388 e. The third-order valence-corrected chi connectivity index (χ3v) is 9.10. The first-order valence-electron chi connectivity index (χ1n) is 11.0. The average Bonchev–Trinajstić information content (AvgIpc) is 3.40. The van der Waals surface area contributed by atoms with Crippen LogP contribution in [-0.2, 0) is 11.3 Å². The van der Waals surface area contributed by atoms with Crippen LogP contribution in [0.15, 0.2) is 34.1 Å². The molecule has 3 aromatic rings. The number of halogens is 2. The van der Waals surface area contributed by atoms with Gasteiger partial charge in [0.05, 0.1) is 33.2 Å². The van der Waals surface area contributed by atoms with Crippen molar-refractivity contribution < 1.29 is 9.84 Å². The van der Waals surface area contributed by atoms with E-state index in [1.165, 1.54) is 11.8 Å². The molecule has 5 rings (SSSR count). The summed E-state index contributed by atoms with van der Waals surface area (Å²) < 4.78 is 7.68. The third-order valence-electron chi connectivity index (χ3n) is 7.00. The van der Waals surface area contributed by atoms with Gasteiger partial charge in [0.25, 0.3) is 0 Å². The first-order valence-corrected chi connectivity index (χ1v) is 12.6. The van der Waals surface area contributed by atoms with Crippen LogP contribution in [0.1, 0.15) is 31.2 Å². The van der Waals surface area contributed by atoms with E-state index in [0.717, 1.165) is 31.7 Å². The van der Waals surface area contributed by atoms with Crippen LogP contribution in [0.3, 0.4) is 0 Å². The van der Waals surface area contributed by atoms with Crippen LogP contribution in [0.4, 0.5) is 5.82 Å². The van der Waals surface area contributed by atoms with Crippen LogP contribution in [0.25, 0.3) is 5.65 Å². The van der Waals surface area contributed by atoms with Gasteiger partial charge >= 0.3 is 0 Å². The number of fused-ring (bicyclic) bond motifs is 1. The molecule has 0 amide bonds. The zero-order valence-corrected chi connectivity index (χ0v) is 20.9. The van der Waals surface area contributed by atoms with Gasteiger partial charge in [0, 0.05) is 29.4 Å². The number of nitrogens with two attached hydrogens (primary N) is 1. The number of ether oxygens (including phenoxy) is 1. The number of anilines is 1. The predicted octanol–water partition coefficient (Wildman–Crippen LogP) is 3.88. The number of aliphatic hydroxyl groups excluding tert-OH is 1. The van der Waals surface area contributed by atoms with Gasteiger partial charge in [-0.15, -0.1) is 10.2 Å². The highest BCUT2D eigenvalue weighted by Crippen LogP contribution is 2.44. The van der Waals surface area contributed by atoms with Crippen molar-refractivity contribution in [2.75, 3.05) is 24.6 Å². The summed E-state index contributed by atoms with van der Waals surface area (Å²) in [5.41, 5.74) is 7.41. The molecule has 3 N–H and O–H groups in total. The molecule has 0 radical (unpaired) electrons. The van der Waals surface area contributed by atoms with Crippen molar-refractivity contribution >= 4 is 46.4 Å². The second-order valence-corrected chi connectivity index (χ2v) is 10.7. The molecule has 2 unspecified atom stereocenters. The molecule has 2 saturated heterocycles. The van der Waals surface area contributed by atoms with E-state index >= 15 is 0 Å². The van der Waals surface area contributed by atoms with Gasteiger partial charge in [0.2, 0.25) is 0 Å². The first-order chi connectivity index (χ1) is 16.4. The lowest BCUT2D eigenvalue weighted by molar-refractivity contribution is 0.0974. The molecule has 1 aromatic carbocycles. The van der Waals surface area contributed by atoms with E-state index in [0.29, 0.717) is 43.5 Å². The summed E-state index contributed by atoms with van der Waals surface area (Å²) in [6.45, 7) is 3.92. The Morgan fingerprint density at radius 1 is 1.32 bits per heavy atom. The van der Waals surface area contributed by atoms with Gasteiger partial charge in [-0.3, -0.25) is 4.40 Å². The molecular weight excluding hydrogens is 495 g/mol. The van der Waals surface area contributed by atoms with Crippen LogP contribution >= 0.6 is 35.0 Å². The van der Waals surface area contributed by atoms with Gasteiger partial charge in [0.15, 0.2) is 11.5 Å². The number of benzene rings is 1. The summed E-state index contributed by atoms with van der Waals surface area (Å²) in [5, 5.41) is 29.4. The Bertz CT molecular complexity index is 1280. The minimum absolute atomic E-state index is 0.00785. The predicted molar refractivity (Wildman–Crippen MR) is 131 cm³/mol. The zero-order valence-electron chi connectivity index (χ0n) is 18.5. The molecule has 1 spiro atoms. The lowest BCUT2D eigenvalue weighted by Crippen LogP contribution is -2.51. The number of rotatable bonds is 4. The number of hydrogen-bond donors (Lipinski definition) is 2. The molecule has 2 aliphatic heterocycles. The fraction of sp³-hybridized carbons (Fsp3) is 0.435. The van der Waals surface area contributed by atoms with Crippen LogP contribution in [0, 0.1) is 16.7 Å². The number of aliphatic hydroxyl groups is 1. The van der Waals surface area contributed by atoms with E-state index in [1.807, 2.05) is 23.5 Å². The summed E-state index contributed by atoms with van der Waals surface area (Å²) in [7, 11) is 0. The number of nitriles is 1. The lowest BCUT2D eigenvalue weighted by atomic mass is 9.73. The topological polar surface area (TPSA) is 113 Å². The molecule has 0 aliphatic carbocycles. The number of piperidine rings is 1. The minimum Gasteiger partial charge on any atom is -0.388 e. The van der Waals surface area contributed by atoms with E-state index in [9.17, 15) is 10.4 Å². The second-order valence-electron chi connectivity index (χ2n) is 8.84. The average molecular weight is 519 g/mol. The molecule has 2 aromatic heterocycles. The number of aromatic nitrogens is 3. The Hall–Kier alpha value is -2.06. The monoisotopic (exact) mass is 518 g/mol. The van der Waals surface area contributed by atoms with Gasteiger partial charge in [-0.05, 0) is 38.0 Å². The summed E-state index contributed by atoms with van der Waals surface area (Å²) >= 11 is 13.9. The fourth-order valence-corrected chi connectivity index (χ4v) is 6.41. The van der Waals surface area contributed by atoms with Crippen molar-refractivity contribution in [3.63, 3.8) is 0 Å². The SMILES string of the molecule is CC1OCC2(CCN(c3cc(C#N)c(Sc4cccc(Cl)c4Cl)c4nnc(CO)n34)CC2)C1N. The van der Waals surface area contributed by atoms with Crippen LogP contribution in [-0.4, -0.2) is 51.5 Å². The Kier molecular flexibility index (Phi) is 6.40. The highest BCUT2D eigenvalue weighted by atomic mass is 35.5. The van der Waals surface area contributed by atoms with Crippen molar-refractivity contribution in [2.45, 2.75) is 48.3 Å². The number of pyridine rings is 1. The standard InChI is InChI=1S/C23H24Cl2N6O2S/c1-13-21(27)23(12-33-13)5-7-30(8-6-23)18-9-14(10-26)20(22-29-28-17(11-32)31(18)22)34-16-4-2-3-15(24)19(16)25/h2-4,9,13,21,32H,5-8,11-12,27H2,1H3. The molecule has 2 aliphatic rings. The van der Waals surface area contributed by atoms with E-state index in [2.05, 4.69) is 21.2 Å². The Morgan fingerprint density at radius 3 is 2.74 bits per heavy atom. The molecule has 0 bridgehead atoms. The zero-order chi connectivity index (χ0) is 24.0. The second kappa shape index (κ2) is 9.19. The molecule has 2 atom stereocenters. The van der Waals surface area contributed by atoms with Gasteiger partial charge < -0.3 is 20.5 Å². The summed E-state index contributed by atoms with van der Waals surface area (Å²) in [6, 6.07) is 9.50. The maximum absolute atomic E-state index is 10.0. The maximum atomic E-state index is 10.0.